The molecule has 0 nitrogen and oxygen atoms in total. The fourth-order valence-corrected chi connectivity index (χ4v) is 0.491. The van der Waals surface area contributed by atoms with Gasteiger partial charge in [0.15, 0.2) is 0 Å². The summed E-state index contributed by atoms with van der Waals surface area (Å²) in [6.45, 7) is -0.125. The van der Waals surface area contributed by atoms with Crippen LogP contribution in [0.5, 0.6) is 0 Å². The Balaban J connectivity index is 0. The predicted octanol–water partition coefficient (Wildman–Crippen LogP) is -1.68. The van der Waals surface area contributed by atoms with Gasteiger partial charge in [-0.3, -0.25) is 0 Å². The Labute approximate surface area is 57.9 Å². The Morgan fingerprint density at radius 3 is 2.00 bits per heavy atom. The molecule has 0 amide bonds. The summed E-state index contributed by atoms with van der Waals surface area (Å²) in [5.74, 6) is 0. The third kappa shape index (κ3) is 8.90. The number of alkyl halides is 1. The molecule has 0 aromatic carbocycles. The standard InChI is InChI=1S/C3H6F.BrH.Zn/c1-2-3-4;;/h1-3H2;1H;/q;;+1/p-1. The molecule has 0 aliphatic carbocycles. The molecule has 0 rings (SSSR count). The number of rotatable bonds is 2. The fourth-order valence-electron chi connectivity index (χ4n) is 0.0945. The molecule has 0 saturated carbocycles. The fraction of sp³-hybridized carbons (Fsp3) is 1.00. The Morgan fingerprint density at radius 2 is 2.00 bits per heavy atom. The molecule has 0 N–H and O–H groups in total. The van der Waals surface area contributed by atoms with Gasteiger partial charge in [-0.05, 0) is 0 Å². The van der Waals surface area contributed by atoms with E-state index in [9.17, 15) is 4.39 Å². The molecule has 0 aliphatic heterocycles. The van der Waals surface area contributed by atoms with Gasteiger partial charge in [-0.25, -0.2) is 0 Å². The van der Waals surface area contributed by atoms with Gasteiger partial charge in [-0.1, -0.05) is 0 Å². The average molecular weight is 206 g/mol. The summed E-state index contributed by atoms with van der Waals surface area (Å²) in [5.41, 5.74) is 0. The van der Waals surface area contributed by atoms with Crippen molar-refractivity contribution in [3.05, 3.63) is 0 Å². The van der Waals surface area contributed by atoms with E-state index in [1.165, 1.54) is 18.3 Å². The Hall–Kier alpha value is 1.03. The van der Waals surface area contributed by atoms with E-state index < -0.39 is 0 Å². The zero-order valence-corrected chi connectivity index (χ0v) is 8.14. The molecule has 0 saturated heterocycles. The van der Waals surface area contributed by atoms with E-state index in [0.29, 0.717) is 0 Å². The third-order valence-electron chi connectivity index (χ3n) is 0.384. The first-order valence-electron chi connectivity index (χ1n) is 1.77. The van der Waals surface area contributed by atoms with Gasteiger partial charge in [0, 0.05) is 0 Å². The van der Waals surface area contributed by atoms with Crippen molar-refractivity contribution in [3.63, 3.8) is 0 Å². The zero-order chi connectivity index (χ0) is 4.12. The monoisotopic (exact) mass is 204 g/mol. The van der Waals surface area contributed by atoms with Gasteiger partial charge in [0.05, 0.1) is 0 Å². The Bertz CT molecular complexity index is 18.3. The van der Waals surface area contributed by atoms with Crippen LogP contribution in [0.15, 0.2) is 0 Å². The molecule has 6 heavy (non-hydrogen) atoms. The van der Waals surface area contributed by atoms with Crippen molar-refractivity contribution in [3.8, 4) is 0 Å². The number of hydrogen-bond donors (Lipinski definition) is 0. The van der Waals surface area contributed by atoms with Crippen LogP contribution in [0.25, 0.3) is 0 Å². The largest absolute Gasteiger partial charge is 1.00 e. The first-order chi connectivity index (χ1) is 2.41. The van der Waals surface area contributed by atoms with Gasteiger partial charge in [0.25, 0.3) is 0 Å². The quantitative estimate of drug-likeness (QED) is 0.473. The van der Waals surface area contributed by atoms with Gasteiger partial charge in [-0.2, -0.15) is 0 Å². The van der Waals surface area contributed by atoms with Crippen LogP contribution in [0.1, 0.15) is 6.42 Å². The molecular formula is C3H6BrFZn. The van der Waals surface area contributed by atoms with E-state index in [0.717, 1.165) is 11.4 Å². The number of halogens is 2. The molecule has 0 aromatic heterocycles. The van der Waals surface area contributed by atoms with Crippen LogP contribution in [-0.4, -0.2) is 6.67 Å². The molecular weight excluding hydrogens is 200 g/mol. The maximum absolute atomic E-state index is 11.0. The van der Waals surface area contributed by atoms with Crippen LogP contribution >= 0.6 is 0 Å². The third-order valence-corrected chi connectivity index (χ3v) is 1.43. The van der Waals surface area contributed by atoms with Crippen molar-refractivity contribution in [2.75, 3.05) is 6.67 Å². The molecule has 0 heterocycles. The summed E-state index contributed by atoms with van der Waals surface area (Å²) < 4.78 is 11.0. The van der Waals surface area contributed by atoms with E-state index in [4.69, 9.17) is 0 Å². The van der Waals surface area contributed by atoms with Crippen molar-refractivity contribution >= 4 is 0 Å². The van der Waals surface area contributed by atoms with Gasteiger partial charge in [0.1, 0.15) is 0 Å². The molecule has 0 spiro atoms. The minimum atomic E-state index is -0.125. The van der Waals surface area contributed by atoms with E-state index in [1.54, 1.807) is 0 Å². The summed E-state index contributed by atoms with van der Waals surface area (Å²) >= 11 is 1.24. The van der Waals surface area contributed by atoms with Gasteiger partial charge >= 0.3 is 40.8 Å². The van der Waals surface area contributed by atoms with Crippen LogP contribution in [-0.2, 0) is 18.3 Å². The Morgan fingerprint density at radius 1 is 1.50 bits per heavy atom. The van der Waals surface area contributed by atoms with Crippen molar-refractivity contribution in [1.82, 2.24) is 0 Å². The van der Waals surface area contributed by atoms with Crippen LogP contribution in [0, 0.1) is 0 Å². The maximum atomic E-state index is 11.0. The molecule has 0 radical (unpaired) electrons. The van der Waals surface area contributed by atoms with E-state index in [-0.39, 0.29) is 23.7 Å². The van der Waals surface area contributed by atoms with E-state index in [2.05, 4.69) is 0 Å². The van der Waals surface area contributed by atoms with Crippen molar-refractivity contribution in [1.29, 1.82) is 0 Å². The van der Waals surface area contributed by atoms with Gasteiger partial charge in [-0.15, -0.1) is 0 Å². The van der Waals surface area contributed by atoms with Crippen LogP contribution in [0.3, 0.4) is 0 Å². The second kappa shape index (κ2) is 9.40. The van der Waals surface area contributed by atoms with Crippen LogP contribution in [0.2, 0.25) is 5.02 Å². The smallest absolute Gasteiger partial charge is 1.00 e. The van der Waals surface area contributed by atoms with Crippen molar-refractivity contribution < 1.29 is 39.7 Å². The van der Waals surface area contributed by atoms with Gasteiger partial charge in [0.2, 0.25) is 0 Å². The number of hydrogen-bond acceptors (Lipinski definition) is 0. The summed E-state index contributed by atoms with van der Waals surface area (Å²) in [6, 6.07) is 0. The van der Waals surface area contributed by atoms with Gasteiger partial charge < -0.3 is 17.0 Å². The Kier molecular flexibility index (Phi) is 15.8. The molecule has 34 valence electrons. The normalized spacial score (nSPS) is 7.17. The average Bonchev–Trinajstić information content (AvgIpc) is 1.41. The molecule has 3 heteroatoms. The summed E-state index contributed by atoms with van der Waals surface area (Å²) in [7, 11) is 0. The molecule has 0 bridgehead atoms. The SMILES string of the molecule is FCC[CH2][Zn+].[Br-]. The van der Waals surface area contributed by atoms with E-state index in [1.807, 2.05) is 0 Å². The zero-order valence-electron chi connectivity index (χ0n) is 3.58. The first kappa shape index (κ1) is 10.1. The molecule has 0 fully saturated rings. The minimum absolute atomic E-state index is 0. The topological polar surface area (TPSA) is 0 Å². The molecule has 0 aliphatic rings. The van der Waals surface area contributed by atoms with Crippen molar-refractivity contribution in [2.24, 2.45) is 0 Å². The van der Waals surface area contributed by atoms with Crippen molar-refractivity contribution in [2.45, 2.75) is 11.4 Å². The molecule has 0 unspecified atom stereocenters. The second-order valence-electron chi connectivity index (χ2n) is 0.896. The molecule has 0 aromatic rings. The van der Waals surface area contributed by atoms with E-state index >= 15 is 0 Å². The predicted molar refractivity (Wildman–Crippen MR) is 15.4 cm³/mol. The molecule has 0 atom stereocenters. The maximum Gasteiger partial charge on any atom is -1.00 e. The summed E-state index contributed by atoms with van der Waals surface area (Å²) in [5, 5.41) is 1.09. The second-order valence-corrected chi connectivity index (χ2v) is 2.38. The first-order valence-corrected chi connectivity index (χ1v) is 3.87. The van der Waals surface area contributed by atoms with Crippen LogP contribution in [0.4, 0.5) is 4.39 Å². The van der Waals surface area contributed by atoms with Crippen LogP contribution < -0.4 is 17.0 Å². The summed E-state index contributed by atoms with van der Waals surface area (Å²) in [6.07, 6.45) is 0.778. The minimum Gasteiger partial charge on any atom is -1.00 e. The summed E-state index contributed by atoms with van der Waals surface area (Å²) in [4.78, 5) is 0.